The van der Waals surface area contributed by atoms with Crippen LogP contribution >= 0.6 is 12.6 Å². The number of ether oxygens (including phenoxy) is 9. The third-order valence-corrected chi connectivity index (χ3v) is 10.0. The van der Waals surface area contributed by atoms with E-state index >= 15 is 0 Å². The molecule has 0 aromatic carbocycles. The molecule has 8 N–H and O–H groups in total. The predicted molar refractivity (Wildman–Crippen MR) is 256 cm³/mol. The number of thiol groups is 1. The Kier molecular flexibility index (Phi) is 56.3. The highest BCUT2D eigenvalue weighted by molar-refractivity contribution is 7.81. The second kappa shape index (κ2) is 56.3. The van der Waals surface area contributed by atoms with Gasteiger partial charge < -0.3 is 80.2 Å². The molecule has 3 atom stereocenters. The summed E-state index contributed by atoms with van der Waals surface area (Å²) in [5.41, 5.74) is 11.3. The van der Waals surface area contributed by atoms with Gasteiger partial charge in [-0.2, -0.15) is 12.6 Å². The second-order valence-corrected chi connectivity index (χ2v) is 15.8. The Morgan fingerprint density at radius 3 is 1.42 bits per heavy atom. The summed E-state index contributed by atoms with van der Waals surface area (Å²) in [5.74, 6) is 0.168. The van der Waals surface area contributed by atoms with Gasteiger partial charge in [0.05, 0.1) is 106 Å². The van der Waals surface area contributed by atoms with Crippen molar-refractivity contribution in [2.75, 3.05) is 152 Å². The molecule has 0 aromatic rings. The molecular weight excluding hydrogens is 865 g/mol. The summed E-state index contributed by atoms with van der Waals surface area (Å²) in [6.45, 7) is 14.3. The highest BCUT2D eigenvalue weighted by atomic mass is 32.1. The zero-order chi connectivity index (χ0) is 47.9. The van der Waals surface area contributed by atoms with Crippen LogP contribution in [-0.2, 0) is 61.8 Å². The molecule has 386 valence electrons. The van der Waals surface area contributed by atoms with Gasteiger partial charge in [-0.3, -0.25) is 14.4 Å². The van der Waals surface area contributed by atoms with E-state index in [9.17, 15) is 19.2 Å². The first kappa shape index (κ1) is 65.0. The Morgan fingerprint density at radius 2 is 0.938 bits per heavy atom. The fourth-order valence-electron chi connectivity index (χ4n) is 5.61. The number of unbranched alkanes of at least 4 members (excludes halogenated alkanes) is 7. The monoisotopic (exact) mass is 957 g/mol. The van der Waals surface area contributed by atoms with Crippen molar-refractivity contribution in [3.63, 3.8) is 0 Å². The summed E-state index contributed by atoms with van der Waals surface area (Å²) in [5, 5.41) is 11.5. The maximum absolute atomic E-state index is 11.7. The first-order valence-electron chi connectivity index (χ1n) is 24.0. The van der Waals surface area contributed by atoms with Gasteiger partial charge in [-0.1, -0.05) is 25.7 Å². The van der Waals surface area contributed by atoms with E-state index in [1.807, 2.05) is 14.0 Å². The maximum atomic E-state index is 11.7. The number of nitrogens with two attached hydrogens (primary N) is 2. The Balaban J connectivity index is 0. The largest absolute Gasteiger partial charge is 0.379 e. The van der Waals surface area contributed by atoms with Crippen molar-refractivity contribution in [3.05, 3.63) is 0 Å². The Bertz CT molecular complexity index is 1020. The van der Waals surface area contributed by atoms with Crippen LogP contribution in [0.4, 0.5) is 0 Å². The molecule has 19 nitrogen and oxygen atoms in total. The van der Waals surface area contributed by atoms with Gasteiger partial charge in [0.25, 0.3) is 0 Å². The quantitative estimate of drug-likeness (QED) is 0.0262. The zero-order valence-corrected chi connectivity index (χ0v) is 41.1. The fraction of sp³-hybridized carbons (Fsp3) is 0.911. The molecule has 0 spiro atoms. The van der Waals surface area contributed by atoms with Crippen LogP contribution in [0.25, 0.3) is 0 Å². The molecule has 0 aliphatic heterocycles. The first-order valence-corrected chi connectivity index (χ1v) is 24.5. The van der Waals surface area contributed by atoms with Crippen molar-refractivity contribution in [3.8, 4) is 0 Å². The standard InChI is InChI=1S/C28H59N3O10.C17H33N3O3S/c1-30-8-4-2-3-6-28(32)31-9-13-36-17-21-40-25-27-41-26-23-38-19-15-34-11-5-10-33-14-18-37-22-24-39-20-16-35-12-7-29;1-14(20-13-22)17(18)15(24)9-5-6-10-16(23)19-11-7-3-2-4-8-12-21/h30H,2-27,29H2,1H3,(H,31,32);12-15,17,24H,2-11,18H2,1H3,(H,19,23)(H,20,22). The summed E-state index contributed by atoms with van der Waals surface area (Å²) >= 11 is 4.48. The maximum Gasteiger partial charge on any atom is 0.220 e. The van der Waals surface area contributed by atoms with Crippen LogP contribution in [0.3, 0.4) is 0 Å². The molecule has 0 fully saturated rings. The van der Waals surface area contributed by atoms with Gasteiger partial charge in [-0.05, 0) is 65.5 Å². The minimum absolute atomic E-state index is 0.00174. The molecular formula is C45H92N6O13S. The van der Waals surface area contributed by atoms with Gasteiger partial charge in [0.2, 0.25) is 18.2 Å². The van der Waals surface area contributed by atoms with E-state index in [0.29, 0.717) is 164 Å². The third-order valence-electron chi connectivity index (χ3n) is 9.42. The van der Waals surface area contributed by atoms with Gasteiger partial charge in [-0.25, -0.2) is 0 Å². The van der Waals surface area contributed by atoms with Crippen LogP contribution in [0.5, 0.6) is 0 Å². The van der Waals surface area contributed by atoms with Crippen molar-refractivity contribution < 1.29 is 61.8 Å². The lowest BCUT2D eigenvalue weighted by Gasteiger charge is -2.24. The summed E-state index contributed by atoms with van der Waals surface area (Å²) in [4.78, 5) is 43.9. The van der Waals surface area contributed by atoms with Crippen molar-refractivity contribution in [2.24, 2.45) is 11.5 Å². The first-order chi connectivity index (χ1) is 31.8. The van der Waals surface area contributed by atoms with Crippen molar-refractivity contribution in [1.29, 1.82) is 0 Å². The van der Waals surface area contributed by atoms with Crippen LogP contribution in [0.15, 0.2) is 0 Å². The molecule has 0 aliphatic carbocycles. The lowest BCUT2D eigenvalue weighted by Crippen LogP contribution is -2.47. The van der Waals surface area contributed by atoms with Crippen LogP contribution in [0.1, 0.15) is 96.8 Å². The Morgan fingerprint density at radius 1 is 0.523 bits per heavy atom. The number of hydrogen-bond acceptors (Lipinski definition) is 17. The molecule has 3 amide bonds. The highest BCUT2D eigenvalue weighted by Crippen LogP contribution is 2.14. The van der Waals surface area contributed by atoms with E-state index in [2.05, 4.69) is 33.9 Å². The van der Waals surface area contributed by atoms with Gasteiger partial charge >= 0.3 is 0 Å². The molecule has 0 saturated carbocycles. The van der Waals surface area contributed by atoms with E-state index in [-0.39, 0.29) is 29.1 Å². The minimum Gasteiger partial charge on any atom is -0.379 e. The van der Waals surface area contributed by atoms with Crippen LogP contribution in [0.2, 0.25) is 0 Å². The summed E-state index contributed by atoms with van der Waals surface area (Å²) < 4.78 is 48.9. The number of nitrogens with one attached hydrogen (secondary N) is 4. The van der Waals surface area contributed by atoms with E-state index in [0.717, 1.165) is 83.5 Å². The predicted octanol–water partition coefficient (Wildman–Crippen LogP) is 1.95. The lowest BCUT2D eigenvalue weighted by molar-refractivity contribution is -0.122. The van der Waals surface area contributed by atoms with E-state index < -0.39 is 0 Å². The minimum atomic E-state index is -0.202. The molecule has 0 saturated heterocycles. The van der Waals surface area contributed by atoms with E-state index in [4.69, 9.17) is 54.1 Å². The molecule has 20 heteroatoms. The summed E-state index contributed by atoms with van der Waals surface area (Å²) in [6, 6.07) is -0.314. The molecule has 0 radical (unpaired) electrons. The van der Waals surface area contributed by atoms with Gasteiger partial charge in [0.15, 0.2) is 0 Å². The normalized spacial score (nSPS) is 12.5. The number of rotatable bonds is 52. The second-order valence-electron chi connectivity index (χ2n) is 15.1. The van der Waals surface area contributed by atoms with Gasteiger partial charge in [0.1, 0.15) is 6.29 Å². The average molecular weight is 957 g/mol. The van der Waals surface area contributed by atoms with Gasteiger partial charge in [-0.15, -0.1) is 0 Å². The third kappa shape index (κ3) is 54.4. The number of carbonyl (C=O) groups is 4. The summed E-state index contributed by atoms with van der Waals surface area (Å²) in [6.07, 6.45) is 13.7. The average Bonchev–Trinajstić information content (AvgIpc) is 3.30. The van der Waals surface area contributed by atoms with Crippen LogP contribution in [-0.4, -0.2) is 194 Å². The molecule has 65 heavy (non-hydrogen) atoms. The van der Waals surface area contributed by atoms with E-state index in [1.54, 1.807) is 0 Å². The van der Waals surface area contributed by atoms with Crippen LogP contribution < -0.4 is 32.7 Å². The SMILES string of the molecule is CC(NC=O)C(N)C(S)CCCCC(=O)NCCCCCCC=O.CNCCCCCC(=O)NCCOCCOCCOCCOCCOCCCOCCOCCOCCOCCN. The zero-order valence-electron chi connectivity index (χ0n) is 40.3. The lowest BCUT2D eigenvalue weighted by atomic mass is 10.0. The number of hydrogen-bond donors (Lipinski definition) is 7. The molecule has 0 aromatic heterocycles. The topological polar surface area (TPSA) is 252 Å². The Hall–Kier alpha value is -2.05. The molecule has 0 rings (SSSR count). The molecule has 3 unspecified atom stereocenters. The molecule has 0 bridgehead atoms. The molecule has 0 aliphatic rings. The highest BCUT2D eigenvalue weighted by Gasteiger charge is 2.19. The van der Waals surface area contributed by atoms with Crippen molar-refractivity contribution >= 4 is 37.1 Å². The number of aldehydes is 1. The Labute approximate surface area is 397 Å². The molecule has 0 heterocycles. The fourth-order valence-corrected chi connectivity index (χ4v) is 6.05. The van der Waals surface area contributed by atoms with Gasteiger partial charge in [0, 0.05) is 69.4 Å². The summed E-state index contributed by atoms with van der Waals surface area (Å²) in [7, 11) is 1.94. The number of carbonyl (C=O) groups excluding carboxylic acids is 4. The van der Waals surface area contributed by atoms with E-state index in [1.165, 1.54) is 0 Å². The smallest absolute Gasteiger partial charge is 0.220 e. The number of amides is 3. The van der Waals surface area contributed by atoms with Crippen LogP contribution in [0, 0.1) is 0 Å². The van der Waals surface area contributed by atoms with Crippen molar-refractivity contribution in [2.45, 2.75) is 114 Å². The van der Waals surface area contributed by atoms with Crippen molar-refractivity contribution in [1.82, 2.24) is 21.3 Å².